The van der Waals surface area contributed by atoms with E-state index in [0.717, 1.165) is 27.9 Å². The summed E-state index contributed by atoms with van der Waals surface area (Å²) in [6, 6.07) is 50.8. The van der Waals surface area contributed by atoms with Crippen molar-refractivity contribution in [2.75, 3.05) is 6.54 Å². The van der Waals surface area contributed by atoms with E-state index in [1.54, 1.807) is 36.8 Å². The number of amides is 2. The standard InChI is InChI=1S/C48H43N5O6/c54-45(55)32-52(30-36-24-26-43(27-25-36)58-34-41-23-13-14-28-49-41)46(56)44(51-47(57)59-33-37-15-5-1-6-16-37)29-42-31-53(35-50-42)48(38-17-7-2-8-18-38,39-19-9-3-10-20-39)40-21-11-4-12-22-40/h1-28,31,35,44H,29-30,32-34H2,(H,51,57)(H,54,55)/t44-/m0/s1. The topological polar surface area (TPSA) is 136 Å². The first-order valence-corrected chi connectivity index (χ1v) is 19.2. The van der Waals surface area contributed by atoms with Crippen LogP contribution in [0.5, 0.6) is 5.75 Å². The number of rotatable bonds is 17. The lowest BCUT2D eigenvalue weighted by Crippen LogP contribution is -2.50. The molecule has 0 spiro atoms. The second kappa shape index (κ2) is 19.1. The summed E-state index contributed by atoms with van der Waals surface area (Å²) in [5, 5.41) is 12.7. The minimum atomic E-state index is -1.23. The Balaban J connectivity index is 1.19. The molecule has 7 rings (SSSR count). The highest BCUT2D eigenvalue weighted by atomic mass is 16.5. The Morgan fingerprint density at radius 2 is 1.24 bits per heavy atom. The molecule has 0 saturated carbocycles. The molecule has 0 saturated heterocycles. The molecule has 0 aliphatic carbocycles. The predicted molar refractivity (Wildman–Crippen MR) is 222 cm³/mol. The van der Waals surface area contributed by atoms with E-state index in [2.05, 4.69) is 46.7 Å². The molecule has 0 aliphatic rings. The molecule has 59 heavy (non-hydrogen) atoms. The molecule has 0 radical (unpaired) electrons. The molecule has 7 aromatic rings. The third-order valence-corrected chi connectivity index (χ3v) is 9.86. The summed E-state index contributed by atoms with van der Waals surface area (Å²) in [5.74, 6) is -1.24. The third kappa shape index (κ3) is 9.89. The fourth-order valence-electron chi connectivity index (χ4n) is 7.10. The van der Waals surface area contributed by atoms with E-state index in [1.165, 1.54) is 4.90 Å². The van der Waals surface area contributed by atoms with Crippen LogP contribution >= 0.6 is 0 Å². The van der Waals surface area contributed by atoms with E-state index in [9.17, 15) is 19.5 Å². The van der Waals surface area contributed by atoms with E-state index in [-0.39, 0.29) is 26.2 Å². The molecule has 0 unspecified atom stereocenters. The molecule has 0 bridgehead atoms. The first-order valence-electron chi connectivity index (χ1n) is 19.2. The molecular weight excluding hydrogens is 743 g/mol. The highest BCUT2D eigenvalue weighted by Crippen LogP contribution is 2.40. The van der Waals surface area contributed by atoms with Gasteiger partial charge >= 0.3 is 12.1 Å². The number of carboxylic acids is 1. The SMILES string of the molecule is O=C(O)CN(Cc1ccc(OCc2ccccn2)cc1)C(=O)[C@H](Cc1cn(C(c2ccccc2)(c2ccccc2)c2ccccc2)cn1)NC(=O)OCc1ccccc1. The molecule has 2 amide bonds. The maximum atomic E-state index is 14.5. The number of aliphatic carboxylic acids is 1. The summed E-state index contributed by atoms with van der Waals surface area (Å²) in [6.07, 6.45) is 4.40. The number of aromatic nitrogens is 3. The van der Waals surface area contributed by atoms with Crippen molar-refractivity contribution in [3.05, 3.63) is 222 Å². The number of carbonyl (C=O) groups is 3. The van der Waals surface area contributed by atoms with Crippen LogP contribution in [0.3, 0.4) is 0 Å². The number of ether oxygens (including phenoxy) is 2. The summed E-state index contributed by atoms with van der Waals surface area (Å²) < 4.78 is 13.4. The summed E-state index contributed by atoms with van der Waals surface area (Å²) in [6.45, 7) is -0.405. The number of benzene rings is 5. The zero-order valence-electron chi connectivity index (χ0n) is 32.2. The van der Waals surface area contributed by atoms with Gasteiger partial charge in [0.15, 0.2) is 0 Å². The summed E-state index contributed by atoms with van der Waals surface area (Å²) in [7, 11) is 0. The first-order chi connectivity index (χ1) is 28.9. The van der Waals surface area contributed by atoms with Crippen LogP contribution in [0.2, 0.25) is 0 Å². The van der Waals surface area contributed by atoms with Crippen LogP contribution < -0.4 is 10.1 Å². The number of hydrogen-bond donors (Lipinski definition) is 2. The molecule has 11 heteroatoms. The zero-order valence-corrected chi connectivity index (χ0v) is 32.2. The van der Waals surface area contributed by atoms with Gasteiger partial charge in [-0.1, -0.05) is 140 Å². The second-order valence-electron chi connectivity index (χ2n) is 13.9. The van der Waals surface area contributed by atoms with Gasteiger partial charge in [0.05, 0.1) is 17.7 Å². The van der Waals surface area contributed by atoms with Gasteiger partial charge in [-0.05, 0) is 52.1 Å². The predicted octanol–water partition coefficient (Wildman–Crippen LogP) is 7.65. The van der Waals surface area contributed by atoms with Crippen LogP contribution in [0, 0.1) is 0 Å². The molecule has 0 fully saturated rings. The second-order valence-corrected chi connectivity index (χ2v) is 13.9. The highest BCUT2D eigenvalue weighted by Gasteiger charge is 2.39. The Morgan fingerprint density at radius 3 is 1.80 bits per heavy atom. The maximum Gasteiger partial charge on any atom is 0.408 e. The average molecular weight is 786 g/mol. The average Bonchev–Trinajstić information content (AvgIpc) is 3.75. The number of alkyl carbamates (subject to hydrolysis) is 1. The lowest BCUT2D eigenvalue weighted by molar-refractivity contribution is -0.145. The minimum Gasteiger partial charge on any atom is -0.487 e. The Hall–Kier alpha value is -7.53. The van der Waals surface area contributed by atoms with Crippen molar-refractivity contribution in [2.24, 2.45) is 0 Å². The molecule has 0 aliphatic heterocycles. The molecule has 5 aromatic carbocycles. The fourth-order valence-corrected chi connectivity index (χ4v) is 7.10. The lowest BCUT2D eigenvalue weighted by Gasteiger charge is -2.37. The lowest BCUT2D eigenvalue weighted by atomic mass is 9.77. The van der Waals surface area contributed by atoms with Crippen LogP contribution in [-0.2, 0) is 46.0 Å². The Morgan fingerprint density at radius 1 is 0.661 bits per heavy atom. The van der Waals surface area contributed by atoms with Crippen molar-refractivity contribution in [1.29, 1.82) is 0 Å². The van der Waals surface area contributed by atoms with E-state index in [0.29, 0.717) is 17.0 Å². The van der Waals surface area contributed by atoms with Gasteiger partial charge in [-0.25, -0.2) is 9.78 Å². The van der Waals surface area contributed by atoms with E-state index < -0.39 is 36.1 Å². The monoisotopic (exact) mass is 785 g/mol. The van der Waals surface area contributed by atoms with Crippen LogP contribution in [0.4, 0.5) is 4.79 Å². The number of nitrogens with one attached hydrogen (secondary N) is 1. The van der Waals surface area contributed by atoms with Crippen molar-refractivity contribution >= 4 is 18.0 Å². The molecule has 296 valence electrons. The smallest absolute Gasteiger partial charge is 0.408 e. The number of carboxylic acid groups (broad SMARTS) is 1. The fraction of sp³-hybridized carbons (Fsp3) is 0.146. The van der Waals surface area contributed by atoms with Gasteiger partial charge in [-0.3, -0.25) is 14.6 Å². The van der Waals surface area contributed by atoms with Gasteiger partial charge < -0.3 is 29.4 Å². The normalized spacial score (nSPS) is 11.6. The summed E-state index contributed by atoms with van der Waals surface area (Å²) in [5.41, 5.74) is 4.78. The zero-order chi connectivity index (χ0) is 40.9. The van der Waals surface area contributed by atoms with Crippen LogP contribution in [0.1, 0.15) is 39.2 Å². The molecular formula is C48H43N5O6. The van der Waals surface area contributed by atoms with Gasteiger partial charge in [0.25, 0.3) is 0 Å². The van der Waals surface area contributed by atoms with E-state index in [4.69, 9.17) is 14.5 Å². The van der Waals surface area contributed by atoms with Gasteiger partial charge in [-0.2, -0.15) is 0 Å². The Labute approximate surface area is 342 Å². The Bertz CT molecular complexity index is 2320. The van der Waals surface area contributed by atoms with Gasteiger partial charge in [0.1, 0.15) is 37.1 Å². The molecule has 11 nitrogen and oxygen atoms in total. The number of nitrogens with zero attached hydrogens (tertiary/aromatic N) is 4. The summed E-state index contributed by atoms with van der Waals surface area (Å²) in [4.78, 5) is 50.4. The first kappa shape index (κ1) is 39.7. The number of imidazole rings is 1. The number of pyridine rings is 1. The number of carbonyl (C=O) groups excluding carboxylic acids is 2. The van der Waals surface area contributed by atoms with Crippen molar-refractivity contribution < 1.29 is 29.0 Å². The van der Waals surface area contributed by atoms with Crippen LogP contribution in [0.25, 0.3) is 0 Å². The molecule has 2 heterocycles. The van der Waals surface area contributed by atoms with Gasteiger partial charge in [0.2, 0.25) is 5.91 Å². The number of hydrogen-bond acceptors (Lipinski definition) is 7. The molecule has 2 aromatic heterocycles. The van der Waals surface area contributed by atoms with Crippen molar-refractivity contribution in [1.82, 2.24) is 24.8 Å². The van der Waals surface area contributed by atoms with Crippen LogP contribution in [0.15, 0.2) is 183 Å². The van der Waals surface area contributed by atoms with Gasteiger partial charge in [-0.15, -0.1) is 0 Å². The van der Waals surface area contributed by atoms with Crippen LogP contribution in [-0.4, -0.2) is 55.1 Å². The van der Waals surface area contributed by atoms with Crippen molar-refractivity contribution in [3.8, 4) is 5.75 Å². The minimum absolute atomic E-state index is 0.0243. The molecule has 1 atom stereocenters. The van der Waals surface area contributed by atoms with Crippen molar-refractivity contribution in [2.45, 2.75) is 37.8 Å². The third-order valence-electron chi connectivity index (χ3n) is 9.86. The Kier molecular flexibility index (Phi) is 12.8. The summed E-state index contributed by atoms with van der Waals surface area (Å²) >= 11 is 0. The van der Waals surface area contributed by atoms with Crippen molar-refractivity contribution in [3.63, 3.8) is 0 Å². The van der Waals surface area contributed by atoms with E-state index in [1.807, 2.05) is 114 Å². The quantitative estimate of drug-likeness (QED) is 0.0900. The highest BCUT2D eigenvalue weighted by molar-refractivity contribution is 5.88. The largest absolute Gasteiger partial charge is 0.487 e. The van der Waals surface area contributed by atoms with Gasteiger partial charge in [0, 0.05) is 25.4 Å². The molecule has 2 N–H and O–H groups in total. The maximum absolute atomic E-state index is 14.5. The van der Waals surface area contributed by atoms with E-state index >= 15 is 0 Å².